The van der Waals surface area contributed by atoms with E-state index in [9.17, 15) is 14.3 Å². The molecule has 1 aromatic rings. The molecule has 186 valence electrons. The van der Waals surface area contributed by atoms with Crippen LogP contribution in [-0.2, 0) is 16.2 Å². The van der Waals surface area contributed by atoms with E-state index < -0.39 is 30.0 Å². The van der Waals surface area contributed by atoms with Gasteiger partial charge in [0.1, 0.15) is 11.9 Å². The van der Waals surface area contributed by atoms with E-state index in [1.165, 1.54) is 11.5 Å². The number of aliphatic hydroxyl groups is 1. The molecule has 1 amide bonds. The van der Waals surface area contributed by atoms with Gasteiger partial charge in [-0.15, -0.1) is 0 Å². The topological polar surface area (TPSA) is 111 Å². The third-order valence-electron chi connectivity index (χ3n) is 8.56. The van der Waals surface area contributed by atoms with Gasteiger partial charge in [-0.2, -0.15) is 5.06 Å². The van der Waals surface area contributed by atoms with Crippen molar-refractivity contribution in [3.63, 3.8) is 0 Å². The number of hydroxylamine groups is 2. The summed E-state index contributed by atoms with van der Waals surface area (Å²) in [6.45, 7) is 8.39. The van der Waals surface area contributed by atoms with Gasteiger partial charge in [0.2, 0.25) is 5.91 Å². The Labute approximate surface area is 207 Å². The van der Waals surface area contributed by atoms with Gasteiger partial charge in [-0.3, -0.25) is 9.63 Å². The number of carbonyl (C=O) groups is 1. The predicted octanol–water partition coefficient (Wildman–Crippen LogP) is 4.57. The van der Waals surface area contributed by atoms with Crippen molar-refractivity contribution in [3.8, 4) is 0 Å². The number of fused-ring (bicyclic) bond motifs is 2. The summed E-state index contributed by atoms with van der Waals surface area (Å²) in [6.07, 6.45) is 0.526. The SMILES string of the molecule is C[C@@H]1[C@@H](NC(=O)[C@@H]2[C@H]([C@H](C)O)[C@H](CN=[N+]=[N-])ON2Cc2cccc(Br)c2F)C[C@H]2C[C@@H]1C2(C)C. The first-order valence-electron chi connectivity index (χ1n) is 11.9. The van der Waals surface area contributed by atoms with Gasteiger partial charge in [-0.05, 0) is 70.5 Å². The molecule has 3 aliphatic carbocycles. The molecule has 1 saturated heterocycles. The molecule has 2 N–H and O–H groups in total. The monoisotopic (exact) mass is 537 g/mol. The molecule has 1 heterocycles. The number of amides is 1. The van der Waals surface area contributed by atoms with E-state index >= 15 is 0 Å². The minimum atomic E-state index is -0.900. The molecule has 5 rings (SSSR count). The molecule has 4 fully saturated rings. The Morgan fingerprint density at radius 3 is 2.82 bits per heavy atom. The Hall–Kier alpha value is -1.71. The molecule has 2 bridgehead atoms. The standard InChI is InChI=1S/C24H33BrFN5O3/c1-12-16-8-15(24(16,3)4)9-18(12)29-23(33)22-20(13(2)32)19(10-28-30-27)34-31(22)11-14-6-5-7-17(25)21(14)26/h5-7,12-13,15-16,18-20,22,32H,8-11H2,1-4H3,(H,29,33)/t12-,13-,15+,16-,18-,19-,20+,22-/m0/s1. The number of hydrogen-bond donors (Lipinski definition) is 2. The smallest absolute Gasteiger partial charge is 0.240 e. The Morgan fingerprint density at radius 1 is 1.47 bits per heavy atom. The van der Waals surface area contributed by atoms with Crippen molar-refractivity contribution in [1.29, 1.82) is 0 Å². The van der Waals surface area contributed by atoms with E-state index in [0.29, 0.717) is 33.2 Å². The van der Waals surface area contributed by atoms with Gasteiger partial charge < -0.3 is 10.4 Å². The summed E-state index contributed by atoms with van der Waals surface area (Å²) in [5, 5.41) is 18.9. The van der Waals surface area contributed by atoms with Crippen LogP contribution in [0.5, 0.6) is 0 Å². The summed E-state index contributed by atoms with van der Waals surface area (Å²) < 4.78 is 15.1. The number of hydrogen-bond acceptors (Lipinski definition) is 5. The molecule has 0 aromatic heterocycles. The molecule has 10 heteroatoms. The second-order valence-electron chi connectivity index (χ2n) is 10.7. The highest BCUT2D eigenvalue weighted by Crippen LogP contribution is 2.61. The van der Waals surface area contributed by atoms with E-state index in [1.807, 2.05) is 0 Å². The first-order chi connectivity index (χ1) is 16.1. The van der Waals surface area contributed by atoms with Gasteiger partial charge in [-0.25, -0.2) is 4.39 Å². The molecule has 1 aliphatic heterocycles. The van der Waals surface area contributed by atoms with Crippen molar-refractivity contribution in [3.05, 3.63) is 44.5 Å². The lowest BCUT2D eigenvalue weighted by Crippen LogP contribution is -2.62. The molecule has 1 aromatic carbocycles. The zero-order chi connectivity index (χ0) is 24.8. The summed E-state index contributed by atoms with van der Waals surface area (Å²) in [5.41, 5.74) is 9.46. The van der Waals surface area contributed by atoms with Crippen molar-refractivity contribution in [2.45, 2.75) is 71.4 Å². The van der Waals surface area contributed by atoms with Crippen LogP contribution in [0.2, 0.25) is 0 Å². The number of aliphatic hydroxyl groups excluding tert-OH is 1. The quantitative estimate of drug-likeness (QED) is 0.301. The molecule has 8 nitrogen and oxygen atoms in total. The average molecular weight is 538 g/mol. The van der Waals surface area contributed by atoms with E-state index in [-0.39, 0.29) is 25.0 Å². The second-order valence-corrected chi connectivity index (χ2v) is 11.5. The molecule has 3 saturated carbocycles. The van der Waals surface area contributed by atoms with E-state index in [1.54, 1.807) is 25.1 Å². The first-order valence-corrected chi connectivity index (χ1v) is 12.7. The largest absolute Gasteiger partial charge is 0.393 e. The summed E-state index contributed by atoms with van der Waals surface area (Å²) in [4.78, 5) is 22.5. The summed E-state index contributed by atoms with van der Waals surface area (Å²) in [7, 11) is 0. The van der Waals surface area contributed by atoms with Crippen LogP contribution in [0, 0.1) is 34.9 Å². The van der Waals surface area contributed by atoms with Crippen LogP contribution >= 0.6 is 15.9 Å². The van der Waals surface area contributed by atoms with Crippen LogP contribution in [0.4, 0.5) is 4.39 Å². The lowest BCUT2D eigenvalue weighted by Gasteiger charge is -2.62. The fourth-order valence-electron chi connectivity index (χ4n) is 6.44. The highest BCUT2D eigenvalue weighted by Gasteiger charge is 2.57. The highest BCUT2D eigenvalue weighted by atomic mass is 79.9. The minimum absolute atomic E-state index is 0.0118. The molecule has 4 aliphatic rings. The fourth-order valence-corrected chi connectivity index (χ4v) is 6.85. The Balaban J connectivity index is 1.58. The zero-order valence-electron chi connectivity index (χ0n) is 20.0. The van der Waals surface area contributed by atoms with Crippen LogP contribution in [0.15, 0.2) is 27.8 Å². The lowest BCUT2D eigenvalue weighted by molar-refractivity contribution is -0.176. The number of azide groups is 1. The maximum absolute atomic E-state index is 14.7. The maximum Gasteiger partial charge on any atom is 0.240 e. The summed E-state index contributed by atoms with van der Waals surface area (Å²) >= 11 is 3.20. The Morgan fingerprint density at radius 2 is 2.21 bits per heavy atom. The van der Waals surface area contributed by atoms with Crippen molar-refractivity contribution >= 4 is 21.8 Å². The number of rotatable bonds is 7. The lowest BCUT2D eigenvalue weighted by atomic mass is 9.45. The number of nitrogens with one attached hydrogen (secondary N) is 1. The van der Waals surface area contributed by atoms with Crippen molar-refractivity contribution in [2.75, 3.05) is 6.54 Å². The molecule has 34 heavy (non-hydrogen) atoms. The van der Waals surface area contributed by atoms with Gasteiger partial charge in [-0.1, -0.05) is 38.0 Å². The first kappa shape index (κ1) is 25.4. The normalized spacial score (nSPS) is 35.2. The minimum Gasteiger partial charge on any atom is -0.393 e. The third-order valence-corrected chi connectivity index (χ3v) is 9.18. The maximum atomic E-state index is 14.7. The highest BCUT2D eigenvalue weighted by molar-refractivity contribution is 9.10. The molecule has 0 spiro atoms. The molecule has 0 radical (unpaired) electrons. The van der Waals surface area contributed by atoms with Crippen molar-refractivity contribution in [2.24, 2.45) is 34.2 Å². The van der Waals surface area contributed by atoms with E-state index in [0.717, 1.165) is 6.42 Å². The molecular weight excluding hydrogens is 505 g/mol. The van der Waals surface area contributed by atoms with E-state index in [4.69, 9.17) is 10.4 Å². The Kier molecular flexibility index (Phi) is 7.27. The van der Waals surface area contributed by atoms with Crippen LogP contribution in [0.25, 0.3) is 10.4 Å². The van der Waals surface area contributed by atoms with Gasteiger partial charge >= 0.3 is 0 Å². The van der Waals surface area contributed by atoms with Crippen LogP contribution in [0.1, 0.15) is 46.1 Å². The predicted molar refractivity (Wildman–Crippen MR) is 129 cm³/mol. The number of carbonyl (C=O) groups excluding carboxylic acids is 1. The molecular formula is C24H33BrFN5O3. The number of halogens is 2. The van der Waals surface area contributed by atoms with Crippen molar-refractivity contribution in [1.82, 2.24) is 10.4 Å². The van der Waals surface area contributed by atoms with Crippen LogP contribution < -0.4 is 5.32 Å². The summed E-state index contributed by atoms with van der Waals surface area (Å²) in [5.74, 6) is 0.169. The average Bonchev–Trinajstić information content (AvgIpc) is 3.14. The third kappa shape index (κ3) is 4.46. The number of nitrogens with zero attached hydrogens (tertiary/aromatic N) is 4. The van der Waals surface area contributed by atoms with Gasteiger partial charge in [0.05, 0.1) is 29.8 Å². The van der Waals surface area contributed by atoms with Gasteiger partial charge in [0, 0.05) is 22.4 Å². The van der Waals surface area contributed by atoms with E-state index in [2.05, 4.69) is 52.0 Å². The second kappa shape index (κ2) is 9.74. The molecule has 8 atom stereocenters. The van der Waals surface area contributed by atoms with Gasteiger partial charge in [0.25, 0.3) is 0 Å². The van der Waals surface area contributed by atoms with Crippen LogP contribution in [0.3, 0.4) is 0 Å². The Bertz CT molecular complexity index is 985. The zero-order valence-corrected chi connectivity index (χ0v) is 21.6. The van der Waals surface area contributed by atoms with Gasteiger partial charge in [0.15, 0.2) is 0 Å². The number of benzene rings is 1. The molecule has 0 unspecified atom stereocenters. The fraction of sp³-hybridized carbons (Fsp3) is 0.708. The summed E-state index contributed by atoms with van der Waals surface area (Å²) in [6, 6.07) is 4.15. The van der Waals surface area contributed by atoms with Crippen molar-refractivity contribution < 1.29 is 19.1 Å². The van der Waals surface area contributed by atoms with Crippen LogP contribution in [-0.4, -0.2) is 46.9 Å².